The lowest BCUT2D eigenvalue weighted by Crippen LogP contribution is -2.13. The molecule has 0 unspecified atom stereocenters. The lowest BCUT2D eigenvalue weighted by molar-refractivity contribution is 0.592. The molecule has 0 atom stereocenters. The van der Waals surface area contributed by atoms with E-state index in [0.717, 1.165) is 10.2 Å². The molecule has 0 aliphatic carbocycles. The van der Waals surface area contributed by atoms with Crippen molar-refractivity contribution in [3.05, 3.63) is 28.2 Å². The minimum atomic E-state index is 0.119. The van der Waals surface area contributed by atoms with Gasteiger partial charge >= 0.3 is 0 Å². The normalized spacial score (nSPS) is 11.7. The van der Waals surface area contributed by atoms with Crippen LogP contribution in [0.5, 0.6) is 0 Å². The molecule has 0 fully saturated rings. The van der Waals surface area contributed by atoms with E-state index in [9.17, 15) is 0 Å². The number of anilines is 1. The van der Waals surface area contributed by atoms with E-state index < -0.39 is 0 Å². The first-order valence-corrected chi connectivity index (χ1v) is 4.76. The molecule has 0 aromatic heterocycles. The number of halogens is 1. The summed E-state index contributed by atoms with van der Waals surface area (Å²) in [5.41, 5.74) is 8.08. The van der Waals surface area contributed by atoms with Crippen molar-refractivity contribution in [3.8, 4) is 0 Å². The van der Waals surface area contributed by atoms with E-state index in [2.05, 4.69) is 42.8 Å². The summed E-state index contributed by atoms with van der Waals surface area (Å²) in [6.07, 6.45) is 0. The number of hydrogen-bond donors (Lipinski definition) is 1. The van der Waals surface area contributed by atoms with E-state index in [1.807, 2.05) is 12.1 Å². The fourth-order valence-electron chi connectivity index (χ4n) is 1.19. The van der Waals surface area contributed by atoms with Crippen molar-refractivity contribution in [1.82, 2.24) is 0 Å². The Kier molecular flexibility index (Phi) is 2.47. The van der Waals surface area contributed by atoms with E-state index in [1.165, 1.54) is 5.56 Å². The van der Waals surface area contributed by atoms with Gasteiger partial charge < -0.3 is 5.73 Å². The van der Waals surface area contributed by atoms with Crippen molar-refractivity contribution in [2.75, 3.05) is 5.73 Å². The quantitative estimate of drug-likeness (QED) is 0.677. The van der Waals surface area contributed by atoms with Crippen LogP contribution in [0.15, 0.2) is 22.7 Å². The summed E-state index contributed by atoms with van der Waals surface area (Å²) >= 11 is 3.41. The lowest BCUT2D eigenvalue weighted by Gasteiger charge is -2.21. The van der Waals surface area contributed by atoms with Crippen LogP contribution in [0, 0.1) is 0 Å². The zero-order chi connectivity index (χ0) is 9.35. The summed E-state index contributed by atoms with van der Waals surface area (Å²) in [5, 5.41) is 0. The zero-order valence-electron chi connectivity index (χ0n) is 7.69. The van der Waals surface area contributed by atoms with Gasteiger partial charge in [-0.2, -0.15) is 0 Å². The van der Waals surface area contributed by atoms with Crippen LogP contribution in [0.4, 0.5) is 5.69 Å². The Morgan fingerprint density at radius 2 is 1.83 bits per heavy atom. The second kappa shape index (κ2) is 3.09. The summed E-state index contributed by atoms with van der Waals surface area (Å²) in [5.74, 6) is 0. The Bertz CT molecular complexity index is 286. The molecule has 1 aromatic carbocycles. The number of para-hydroxylation sites is 1. The smallest absolute Gasteiger partial charge is 0.0496 e. The molecule has 66 valence electrons. The second-order valence-electron chi connectivity index (χ2n) is 3.95. The maximum Gasteiger partial charge on any atom is 0.0496 e. The third-order valence-electron chi connectivity index (χ3n) is 1.86. The molecule has 0 saturated heterocycles. The Balaban J connectivity index is 3.26. The zero-order valence-corrected chi connectivity index (χ0v) is 9.27. The summed E-state index contributed by atoms with van der Waals surface area (Å²) in [6, 6.07) is 6.05. The van der Waals surface area contributed by atoms with Crippen molar-refractivity contribution in [3.63, 3.8) is 0 Å². The molecule has 1 rings (SSSR count). The molecule has 0 bridgehead atoms. The first kappa shape index (κ1) is 9.59. The molecular formula is C10H14BrN. The van der Waals surface area contributed by atoms with E-state index in [1.54, 1.807) is 0 Å². The summed E-state index contributed by atoms with van der Waals surface area (Å²) in [7, 11) is 0. The van der Waals surface area contributed by atoms with Crippen molar-refractivity contribution >= 4 is 21.6 Å². The highest BCUT2D eigenvalue weighted by atomic mass is 79.9. The molecule has 2 heteroatoms. The molecule has 0 spiro atoms. The number of nitrogens with two attached hydrogens (primary N) is 1. The maximum atomic E-state index is 5.92. The van der Waals surface area contributed by atoms with Gasteiger partial charge in [-0.3, -0.25) is 0 Å². The van der Waals surface area contributed by atoms with Gasteiger partial charge in [0, 0.05) is 10.2 Å². The highest BCUT2D eigenvalue weighted by molar-refractivity contribution is 9.10. The highest BCUT2D eigenvalue weighted by Crippen LogP contribution is 2.32. The van der Waals surface area contributed by atoms with E-state index in [0.29, 0.717) is 0 Å². The van der Waals surface area contributed by atoms with E-state index >= 15 is 0 Å². The first-order chi connectivity index (χ1) is 5.43. The monoisotopic (exact) mass is 227 g/mol. The van der Waals surface area contributed by atoms with Crippen molar-refractivity contribution < 1.29 is 0 Å². The first-order valence-electron chi connectivity index (χ1n) is 3.97. The minimum absolute atomic E-state index is 0.119. The van der Waals surface area contributed by atoms with Gasteiger partial charge in [-0.15, -0.1) is 0 Å². The average Bonchev–Trinajstić information content (AvgIpc) is 1.92. The van der Waals surface area contributed by atoms with E-state index in [-0.39, 0.29) is 5.41 Å². The summed E-state index contributed by atoms with van der Waals surface area (Å²) in [4.78, 5) is 0. The Morgan fingerprint density at radius 1 is 1.25 bits per heavy atom. The van der Waals surface area contributed by atoms with Crippen LogP contribution < -0.4 is 5.73 Å². The van der Waals surface area contributed by atoms with E-state index in [4.69, 9.17) is 5.73 Å². The molecular weight excluding hydrogens is 214 g/mol. The number of benzene rings is 1. The molecule has 0 heterocycles. The molecule has 12 heavy (non-hydrogen) atoms. The second-order valence-corrected chi connectivity index (χ2v) is 4.81. The van der Waals surface area contributed by atoms with Gasteiger partial charge in [0.2, 0.25) is 0 Å². The number of rotatable bonds is 0. The van der Waals surface area contributed by atoms with Gasteiger partial charge in [0.05, 0.1) is 0 Å². The topological polar surface area (TPSA) is 26.0 Å². The lowest BCUT2D eigenvalue weighted by atomic mass is 9.86. The van der Waals surface area contributed by atoms with Gasteiger partial charge in [0.25, 0.3) is 0 Å². The molecule has 0 aliphatic rings. The predicted molar refractivity (Wildman–Crippen MR) is 57.3 cm³/mol. The van der Waals surface area contributed by atoms with Crippen LogP contribution in [0.25, 0.3) is 0 Å². The predicted octanol–water partition coefficient (Wildman–Crippen LogP) is 3.33. The van der Waals surface area contributed by atoms with Gasteiger partial charge in [-0.05, 0) is 33.0 Å². The van der Waals surface area contributed by atoms with Gasteiger partial charge in [-0.25, -0.2) is 0 Å². The standard InChI is InChI=1S/C10H14BrN/c1-10(2,3)7-5-4-6-8(11)9(7)12/h4-6H,12H2,1-3H3. The Hall–Kier alpha value is -0.500. The highest BCUT2D eigenvalue weighted by Gasteiger charge is 2.17. The maximum absolute atomic E-state index is 5.92. The number of hydrogen-bond acceptors (Lipinski definition) is 1. The van der Waals surface area contributed by atoms with Crippen molar-refractivity contribution in [2.45, 2.75) is 26.2 Å². The van der Waals surface area contributed by atoms with Crippen molar-refractivity contribution in [1.29, 1.82) is 0 Å². The summed E-state index contributed by atoms with van der Waals surface area (Å²) in [6.45, 7) is 6.47. The molecule has 1 aromatic rings. The molecule has 0 radical (unpaired) electrons. The number of nitrogen functional groups attached to an aromatic ring is 1. The van der Waals surface area contributed by atoms with Crippen LogP contribution in [-0.4, -0.2) is 0 Å². The molecule has 1 nitrogen and oxygen atoms in total. The molecule has 0 aliphatic heterocycles. The van der Waals surface area contributed by atoms with Crippen LogP contribution in [-0.2, 0) is 5.41 Å². The van der Waals surface area contributed by atoms with Gasteiger partial charge in [0.15, 0.2) is 0 Å². The summed E-state index contributed by atoms with van der Waals surface area (Å²) < 4.78 is 0.981. The third kappa shape index (κ3) is 1.81. The minimum Gasteiger partial charge on any atom is -0.398 e. The van der Waals surface area contributed by atoms with Crippen molar-refractivity contribution in [2.24, 2.45) is 0 Å². The SMILES string of the molecule is CC(C)(C)c1cccc(Br)c1N. The van der Waals surface area contributed by atoms with Crippen LogP contribution in [0.2, 0.25) is 0 Å². The van der Waals surface area contributed by atoms with Gasteiger partial charge in [-0.1, -0.05) is 32.9 Å². The average molecular weight is 228 g/mol. The molecule has 0 amide bonds. The fraction of sp³-hybridized carbons (Fsp3) is 0.400. The fourth-order valence-corrected chi connectivity index (χ4v) is 1.56. The van der Waals surface area contributed by atoms with Crippen LogP contribution in [0.1, 0.15) is 26.3 Å². The largest absolute Gasteiger partial charge is 0.398 e. The van der Waals surface area contributed by atoms with Gasteiger partial charge in [0.1, 0.15) is 0 Å². The molecule has 0 saturated carbocycles. The van der Waals surface area contributed by atoms with Crippen LogP contribution in [0.3, 0.4) is 0 Å². The van der Waals surface area contributed by atoms with Crippen LogP contribution >= 0.6 is 15.9 Å². The Morgan fingerprint density at radius 3 is 2.25 bits per heavy atom. The third-order valence-corrected chi connectivity index (χ3v) is 2.55. The Labute approximate surface area is 82.1 Å². The molecule has 2 N–H and O–H groups in total.